The van der Waals surface area contributed by atoms with Gasteiger partial charge in [-0.1, -0.05) is 24.1 Å². The zero-order chi connectivity index (χ0) is 18.1. The van der Waals surface area contributed by atoms with E-state index in [0.717, 1.165) is 5.56 Å². The molecule has 0 aromatic heterocycles. The summed E-state index contributed by atoms with van der Waals surface area (Å²) < 4.78 is 51.7. The van der Waals surface area contributed by atoms with Crippen molar-refractivity contribution < 1.29 is 26.2 Å². The standard InChI is InChI=1S/C16H27O6PS/c1-4-20-23(17,21-5-2)14-8-6-7-13-22-24(18,19)16-11-9-15(3)10-12-16/h9-12H,4-8,13-14H2,1-3H3. The summed E-state index contributed by atoms with van der Waals surface area (Å²) in [6.45, 7) is 6.22. The number of hydrogen-bond acceptors (Lipinski definition) is 6. The van der Waals surface area contributed by atoms with E-state index >= 15 is 0 Å². The average Bonchev–Trinajstić information content (AvgIpc) is 2.51. The van der Waals surface area contributed by atoms with Crippen LogP contribution in [0, 0.1) is 6.92 Å². The molecule has 1 aromatic carbocycles. The normalized spacial score (nSPS) is 12.5. The van der Waals surface area contributed by atoms with Crippen LogP contribution < -0.4 is 0 Å². The Bertz CT molecular complexity index is 616. The average molecular weight is 378 g/mol. The number of hydrogen-bond donors (Lipinski definition) is 0. The van der Waals surface area contributed by atoms with Crippen LogP contribution in [0.15, 0.2) is 29.2 Å². The van der Waals surface area contributed by atoms with E-state index < -0.39 is 17.7 Å². The van der Waals surface area contributed by atoms with Crippen molar-refractivity contribution in [2.24, 2.45) is 0 Å². The van der Waals surface area contributed by atoms with Gasteiger partial charge >= 0.3 is 7.60 Å². The van der Waals surface area contributed by atoms with E-state index in [1.54, 1.807) is 26.0 Å². The van der Waals surface area contributed by atoms with Gasteiger partial charge in [0.25, 0.3) is 10.1 Å². The summed E-state index contributed by atoms with van der Waals surface area (Å²) in [5, 5.41) is 0. The molecule has 0 heterocycles. The Morgan fingerprint density at radius 3 is 2.08 bits per heavy atom. The summed E-state index contributed by atoms with van der Waals surface area (Å²) in [6.07, 6.45) is 2.21. The highest BCUT2D eigenvalue weighted by Crippen LogP contribution is 2.48. The van der Waals surface area contributed by atoms with Gasteiger partial charge in [-0.3, -0.25) is 8.75 Å². The van der Waals surface area contributed by atoms with E-state index in [2.05, 4.69) is 0 Å². The van der Waals surface area contributed by atoms with Crippen molar-refractivity contribution in [2.75, 3.05) is 26.0 Å². The van der Waals surface area contributed by atoms with Crippen LogP contribution in [0.5, 0.6) is 0 Å². The topological polar surface area (TPSA) is 78.9 Å². The summed E-state index contributed by atoms with van der Waals surface area (Å²) in [4.78, 5) is 0.158. The monoisotopic (exact) mass is 378 g/mol. The number of unbranched alkanes of at least 4 members (excludes halogenated alkanes) is 2. The van der Waals surface area contributed by atoms with E-state index in [0.29, 0.717) is 38.6 Å². The Morgan fingerprint density at radius 2 is 1.54 bits per heavy atom. The Kier molecular flexibility index (Phi) is 9.16. The molecule has 0 unspecified atom stereocenters. The first-order valence-corrected chi connectivity index (χ1v) is 11.3. The molecule has 1 rings (SSSR count). The summed E-state index contributed by atoms with van der Waals surface area (Å²) in [5.74, 6) is 0. The van der Waals surface area contributed by atoms with Crippen molar-refractivity contribution in [3.8, 4) is 0 Å². The first-order valence-electron chi connectivity index (χ1n) is 8.17. The predicted molar refractivity (Wildman–Crippen MR) is 93.9 cm³/mol. The summed E-state index contributed by atoms with van der Waals surface area (Å²) in [5.41, 5.74) is 0.988. The largest absolute Gasteiger partial charge is 0.330 e. The smallest absolute Gasteiger partial charge is 0.309 e. The zero-order valence-corrected chi connectivity index (χ0v) is 16.3. The van der Waals surface area contributed by atoms with E-state index in [-0.39, 0.29) is 11.5 Å². The van der Waals surface area contributed by atoms with Crippen LogP contribution in [0.25, 0.3) is 0 Å². The van der Waals surface area contributed by atoms with E-state index in [4.69, 9.17) is 13.2 Å². The lowest BCUT2D eigenvalue weighted by atomic mass is 10.2. The number of rotatable bonds is 12. The van der Waals surface area contributed by atoms with Gasteiger partial charge in [0.15, 0.2) is 0 Å². The molecular formula is C16H27O6PS. The first kappa shape index (κ1) is 21.3. The predicted octanol–water partition coefficient (Wildman–Crippen LogP) is 4.14. The quantitative estimate of drug-likeness (QED) is 0.309. The van der Waals surface area contributed by atoms with Gasteiger partial charge in [0.2, 0.25) is 0 Å². The van der Waals surface area contributed by atoms with Crippen molar-refractivity contribution in [1.82, 2.24) is 0 Å². The fraction of sp³-hybridized carbons (Fsp3) is 0.625. The Balaban J connectivity index is 2.33. The van der Waals surface area contributed by atoms with Crippen molar-refractivity contribution >= 4 is 17.7 Å². The molecule has 0 radical (unpaired) electrons. The molecule has 0 fully saturated rings. The van der Waals surface area contributed by atoms with Crippen molar-refractivity contribution in [1.29, 1.82) is 0 Å². The molecule has 0 bridgehead atoms. The van der Waals surface area contributed by atoms with Crippen LogP contribution in [0.2, 0.25) is 0 Å². The van der Waals surface area contributed by atoms with Crippen molar-refractivity contribution in [2.45, 2.75) is 44.9 Å². The lowest BCUT2D eigenvalue weighted by Gasteiger charge is -2.16. The maximum absolute atomic E-state index is 12.2. The molecule has 0 aliphatic rings. The first-order chi connectivity index (χ1) is 11.3. The fourth-order valence-corrected chi connectivity index (χ4v) is 4.76. The molecule has 0 N–H and O–H groups in total. The SMILES string of the molecule is CCOP(=O)(CCCCCOS(=O)(=O)c1ccc(C)cc1)OCC. The highest BCUT2D eigenvalue weighted by atomic mass is 32.2. The van der Waals surface area contributed by atoms with Crippen LogP contribution in [0.3, 0.4) is 0 Å². The molecule has 0 aliphatic heterocycles. The van der Waals surface area contributed by atoms with Crippen molar-refractivity contribution in [3.05, 3.63) is 29.8 Å². The fourth-order valence-electron chi connectivity index (χ4n) is 2.09. The van der Waals surface area contributed by atoms with Gasteiger partial charge in [-0.05, 0) is 45.7 Å². The molecule has 138 valence electrons. The van der Waals surface area contributed by atoms with Crippen LogP contribution in [-0.2, 0) is 27.9 Å². The molecule has 0 spiro atoms. The summed E-state index contributed by atoms with van der Waals surface area (Å²) in [6, 6.07) is 6.53. The molecule has 1 aromatic rings. The van der Waals surface area contributed by atoms with Gasteiger partial charge in [-0.15, -0.1) is 0 Å². The molecule has 24 heavy (non-hydrogen) atoms. The maximum atomic E-state index is 12.2. The molecule has 6 nitrogen and oxygen atoms in total. The van der Waals surface area contributed by atoms with Crippen LogP contribution >= 0.6 is 7.60 Å². The lowest BCUT2D eigenvalue weighted by Crippen LogP contribution is -2.08. The second-order valence-electron chi connectivity index (χ2n) is 5.32. The second-order valence-corrected chi connectivity index (χ2v) is 9.12. The molecule has 0 saturated heterocycles. The van der Waals surface area contributed by atoms with Crippen LogP contribution in [0.4, 0.5) is 0 Å². The van der Waals surface area contributed by atoms with Gasteiger partial charge in [0.1, 0.15) is 0 Å². The minimum absolute atomic E-state index is 0.101. The molecule has 0 saturated carbocycles. The Morgan fingerprint density at radius 1 is 0.958 bits per heavy atom. The minimum Gasteiger partial charge on any atom is -0.309 e. The van der Waals surface area contributed by atoms with Gasteiger partial charge < -0.3 is 9.05 Å². The zero-order valence-electron chi connectivity index (χ0n) is 14.6. The molecule has 0 aliphatic carbocycles. The third-order valence-electron chi connectivity index (χ3n) is 3.28. The Hall–Kier alpha value is -0.720. The highest BCUT2D eigenvalue weighted by molar-refractivity contribution is 7.86. The van der Waals surface area contributed by atoms with E-state index in [9.17, 15) is 13.0 Å². The molecule has 0 amide bonds. The van der Waals surface area contributed by atoms with Gasteiger partial charge in [-0.2, -0.15) is 8.42 Å². The third-order valence-corrected chi connectivity index (χ3v) is 6.77. The van der Waals surface area contributed by atoms with E-state index in [1.807, 2.05) is 6.92 Å². The lowest BCUT2D eigenvalue weighted by molar-refractivity contribution is 0.219. The van der Waals surface area contributed by atoms with Gasteiger partial charge in [-0.25, -0.2) is 0 Å². The Labute approximate surface area is 145 Å². The molecular weight excluding hydrogens is 351 g/mol. The van der Waals surface area contributed by atoms with Gasteiger partial charge in [0.05, 0.1) is 30.9 Å². The van der Waals surface area contributed by atoms with Crippen LogP contribution in [0.1, 0.15) is 38.7 Å². The summed E-state index contributed by atoms with van der Waals surface area (Å²) >= 11 is 0. The van der Waals surface area contributed by atoms with Gasteiger partial charge in [0, 0.05) is 0 Å². The van der Waals surface area contributed by atoms with Crippen molar-refractivity contribution in [3.63, 3.8) is 0 Å². The van der Waals surface area contributed by atoms with Crippen LogP contribution in [-0.4, -0.2) is 34.4 Å². The third kappa shape index (κ3) is 7.45. The minimum atomic E-state index is -3.71. The second kappa shape index (κ2) is 10.3. The molecule has 0 atom stereocenters. The number of benzene rings is 1. The number of aryl methyl sites for hydroxylation is 1. The molecule has 8 heteroatoms. The maximum Gasteiger partial charge on any atom is 0.330 e. The summed E-state index contributed by atoms with van der Waals surface area (Å²) in [7, 11) is -6.73. The highest BCUT2D eigenvalue weighted by Gasteiger charge is 2.22. The van der Waals surface area contributed by atoms with E-state index in [1.165, 1.54) is 12.1 Å².